The smallest absolute Gasteiger partial charge is 0.193 e. The zero-order valence-electron chi connectivity index (χ0n) is 10.9. The molecule has 2 rings (SSSR count). The fourth-order valence-electron chi connectivity index (χ4n) is 1.84. The van der Waals surface area contributed by atoms with Gasteiger partial charge in [0.2, 0.25) is 0 Å². The fraction of sp³-hybridized carbons (Fsp3) is 0.188. The number of hydrogen-bond donors (Lipinski definition) is 0. The molecule has 0 N–H and O–H groups in total. The van der Waals surface area contributed by atoms with E-state index < -0.39 is 0 Å². The first kappa shape index (κ1) is 14.6. The van der Waals surface area contributed by atoms with E-state index in [1.54, 1.807) is 8.93 Å². The maximum Gasteiger partial charge on any atom is 0.193 e. The Labute approximate surface area is 130 Å². The van der Waals surface area contributed by atoms with Crippen molar-refractivity contribution in [2.45, 2.75) is 24.7 Å². The molecular weight excluding hydrogens is 367 g/mol. The molecule has 0 spiro atoms. The Bertz CT molecular complexity index is 558. The van der Waals surface area contributed by atoms with Gasteiger partial charge in [-0.25, -0.2) is 0 Å². The van der Waals surface area contributed by atoms with E-state index in [-0.39, 0.29) is 5.78 Å². The molecule has 0 bridgehead atoms. The molecule has 0 fully saturated rings. The van der Waals surface area contributed by atoms with Gasteiger partial charge in [-0.05, 0) is 35.7 Å². The monoisotopic (exact) mass is 382 g/mol. The Morgan fingerprint density at radius 3 is 1.84 bits per heavy atom. The van der Waals surface area contributed by atoms with Crippen LogP contribution in [0.2, 0.25) is 0 Å². The minimum Gasteiger partial charge on any atom is -0.289 e. The summed E-state index contributed by atoms with van der Waals surface area (Å²) in [6, 6.07) is 15.6. The van der Waals surface area contributed by atoms with Crippen molar-refractivity contribution in [3.05, 3.63) is 65.2 Å². The van der Waals surface area contributed by atoms with E-state index in [0.29, 0.717) is 5.92 Å². The van der Waals surface area contributed by atoms with Crippen LogP contribution in [-0.2, 0) is 0 Å². The van der Waals surface area contributed by atoms with Crippen molar-refractivity contribution in [2.24, 2.45) is 0 Å². The highest BCUT2D eigenvalue weighted by atomic mass is 127. The van der Waals surface area contributed by atoms with Gasteiger partial charge in [0.05, 0.1) is 0 Å². The van der Waals surface area contributed by atoms with Gasteiger partial charge in [-0.1, -0.05) is 47.0 Å². The lowest BCUT2D eigenvalue weighted by Gasteiger charge is -2.06. The van der Waals surface area contributed by atoms with E-state index in [9.17, 15) is 4.79 Å². The van der Waals surface area contributed by atoms with Crippen molar-refractivity contribution >= 4 is 35.9 Å². The van der Waals surface area contributed by atoms with Crippen LogP contribution in [0, 0.1) is 0 Å². The maximum absolute atomic E-state index is 12.3. The summed E-state index contributed by atoms with van der Waals surface area (Å²) in [6.07, 6.45) is 0. The largest absolute Gasteiger partial charge is 0.289 e. The van der Waals surface area contributed by atoms with Crippen LogP contribution >= 0.6 is 30.1 Å². The molecule has 0 unspecified atom stereocenters. The van der Waals surface area contributed by atoms with Gasteiger partial charge in [-0.15, -0.1) is 0 Å². The number of ketones is 1. The lowest BCUT2D eigenvalue weighted by atomic mass is 9.98. The van der Waals surface area contributed by atoms with Crippen molar-refractivity contribution in [2.75, 3.05) is 0 Å². The normalized spacial score (nSPS) is 10.7. The average molecular weight is 382 g/mol. The molecular formula is C16H15IOS. The van der Waals surface area contributed by atoms with E-state index in [4.69, 9.17) is 0 Å². The van der Waals surface area contributed by atoms with Crippen molar-refractivity contribution in [1.29, 1.82) is 0 Å². The molecule has 0 aromatic heterocycles. The Morgan fingerprint density at radius 2 is 1.42 bits per heavy atom. The summed E-state index contributed by atoms with van der Waals surface area (Å²) in [5.74, 6) is 0.574. The van der Waals surface area contributed by atoms with Gasteiger partial charge >= 0.3 is 0 Å². The summed E-state index contributed by atoms with van der Waals surface area (Å²) >= 11 is 2.24. The highest BCUT2D eigenvalue weighted by Gasteiger charge is 2.09. The van der Waals surface area contributed by atoms with E-state index in [1.165, 1.54) is 5.56 Å². The van der Waals surface area contributed by atoms with Crippen LogP contribution in [0.5, 0.6) is 0 Å². The molecule has 0 amide bonds. The standard InChI is InChI=1S/C16H15IOS/c1-11(2)12-3-5-13(6-4-12)16(18)14-7-9-15(19-17)10-8-14/h3-11H,1-2H3. The van der Waals surface area contributed by atoms with Crippen LogP contribution in [0.15, 0.2) is 53.4 Å². The van der Waals surface area contributed by atoms with Crippen LogP contribution in [-0.4, -0.2) is 5.78 Å². The first-order chi connectivity index (χ1) is 9.11. The zero-order chi connectivity index (χ0) is 13.8. The number of hydrogen-bond acceptors (Lipinski definition) is 2. The Kier molecular flexibility index (Phi) is 5.05. The zero-order valence-corrected chi connectivity index (χ0v) is 13.9. The van der Waals surface area contributed by atoms with E-state index >= 15 is 0 Å². The Morgan fingerprint density at radius 1 is 0.947 bits per heavy atom. The predicted octanol–water partition coefficient (Wildman–Crippen LogP) is 5.48. The quantitative estimate of drug-likeness (QED) is 0.514. The molecule has 19 heavy (non-hydrogen) atoms. The van der Waals surface area contributed by atoms with Gasteiger partial charge in [-0.2, -0.15) is 0 Å². The third-order valence-corrected chi connectivity index (χ3v) is 5.02. The Balaban J connectivity index is 2.22. The van der Waals surface area contributed by atoms with Crippen LogP contribution < -0.4 is 0 Å². The second-order valence-electron chi connectivity index (χ2n) is 4.71. The number of benzene rings is 2. The van der Waals surface area contributed by atoms with E-state index in [2.05, 4.69) is 35.1 Å². The van der Waals surface area contributed by atoms with Crippen LogP contribution in [0.4, 0.5) is 0 Å². The third kappa shape index (κ3) is 3.60. The van der Waals surface area contributed by atoms with Gasteiger partial charge in [0.1, 0.15) is 0 Å². The summed E-state index contributed by atoms with van der Waals surface area (Å²) < 4.78 is 0. The number of carbonyl (C=O) groups is 1. The SMILES string of the molecule is CC(C)c1ccc(C(=O)c2ccc(SI)cc2)cc1. The molecule has 2 aromatic carbocycles. The van der Waals surface area contributed by atoms with E-state index in [0.717, 1.165) is 16.0 Å². The highest BCUT2D eigenvalue weighted by Crippen LogP contribution is 2.25. The van der Waals surface area contributed by atoms with Crippen molar-refractivity contribution < 1.29 is 4.79 Å². The minimum absolute atomic E-state index is 0.0836. The number of rotatable bonds is 4. The minimum atomic E-state index is 0.0836. The summed E-state index contributed by atoms with van der Waals surface area (Å²) in [6.45, 7) is 4.30. The van der Waals surface area contributed by atoms with Crippen molar-refractivity contribution in [3.63, 3.8) is 0 Å². The summed E-state index contributed by atoms with van der Waals surface area (Å²) in [7, 11) is 1.65. The number of halogens is 1. The molecule has 0 radical (unpaired) electrons. The van der Waals surface area contributed by atoms with Crippen LogP contribution in [0.3, 0.4) is 0 Å². The topological polar surface area (TPSA) is 17.1 Å². The first-order valence-electron chi connectivity index (χ1n) is 6.15. The van der Waals surface area contributed by atoms with Gasteiger partial charge in [0.15, 0.2) is 5.78 Å². The van der Waals surface area contributed by atoms with E-state index in [1.807, 2.05) is 48.5 Å². The molecule has 1 nitrogen and oxygen atoms in total. The molecule has 0 aliphatic rings. The lowest BCUT2D eigenvalue weighted by Crippen LogP contribution is -2.01. The molecule has 0 saturated carbocycles. The molecule has 2 aromatic rings. The molecule has 0 aliphatic carbocycles. The Hall–Kier alpha value is -0.810. The first-order valence-corrected chi connectivity index (χ1v) is 9.51. The molecule has 0 aliphatic heterocycles. The summed E-state index contributed by atoms with van der Waals surface area (Å²) in [5.41, 5.74) is 2.75. The molecule has 0 heterocycles. The average Bonchev–Trinajstić information content (AvgIpc) is 2.46. The summed E-state index contributed by atoms with van der Waals surface area (Å²) in [4.78, 5) is 13.5. The third-order valence-electron chi connectivity index (χ3n) is 3.05. The maximum atomic E-state index is 12.3. The second-order valence-corrected chi connectivity index (χ2v) is 6.65. The van der Waals surface area contributed by atoms with Crippen LogP contribution in [0.1, 0.15) is 41.3 Å². The summed E-state index contributed by atoms with van der Waals surface area (Å²) in [5, 5.41) is 0. The van der Waals surface area contributed by atoms with Crippen molar-refractivity contribution in [3.8, 4) is 0 Å². The second kappa shape index (κ2) is 6.57. The molecule has 98 valence electrons. The predicted molar refractivity (Wildman–Crippen MR) is 90.3 cm³/mol. The van der Waals surface area contributed by atoms with Gasteiger partial charge in [0, 0.05) is 37.2 Å². The van der Waals surface area contributed by atoms with Gasteiger partial charge in [-0.3, -0.25) is 4.79 Å². The molecule has 0 atom stereocenters. The van der Waals surface area contributed by atoms with Crippen molar-refractivity contribution in [1.82, 2.24) is 0 Å². The van der Waals surface area contributed by atoms with Gasteiger partial charge in [0.25, 0.3) is 0 Å². The fourth-order valence-corrected chi connectivity index (χ4v) is 2.96. The number of carbonyl (C=O) groups excluding carboxylic acids is 1. The van der Waals surface area contributed by atoms with Gasteiger partial charge < -0.3 is 0 Å². The lowest BCUT2D eigenvalue weighted by molar-refractivity contribution is 0.103. The van der Waals surface area contributed by atoms with Crippen LogP contribution in [0.25, 0.3) is 0 Å². The molecule has 0 saturated heterocycles. The highest BCUT2D eigenvalue weighted by molar-refractivity contribution is 14.2. The molecule has 3 heteroatoms.